The number of carbonyl (C=O) groups excluding carboxylic acids is 1. The van der Waals surface area contributed by atoms with E-state index in [2.05, 4.69) is 36.4 Å². The molecule has 0 aliphatic carbocycles. The van der Waals surface area contributed by atoms with Gasteiger partial charge in [0, 0.05) is 11.8 Å². The SMILES string of the molecule is CCC(=O)Oc1c2c(C)cc(C)cc2n2c1c(C)nc1ccccc12. The summed E-state index contributed by atoms with van der Waals surface area (Å²) in [6, 6.07) is 12.3. The molecule has 0 aliphatic heterocycles. The zero-order valence-electron chi connectivity index (χ0n) is 14.9. The smallest absolute Gasteiger partial charge is 0.310 e. The van der Waals surface area contributed by atoms with Crippen molar-refractivity contribution in [3.8, 4) is 5.75 Å². The van der Waals surface area contributed by atoms with Crippen molar-refractivity contribution in [1.82, 2.24) is 9.38 Å². The van der Waals surface area contributed by atoms with Crippen LogP contribution in [0.2, 0.25) is 0 Å². The third-order valence-corrected chi connectivity index (χ3v) is 4.62. The standard InChI is InChI=1S/C21H20N2O2/c1-5-18(24)25-21-19-13(3)10-12(2)11-17(19)23-16-9-7-6-8-15(16)22-14(4)20(21)23/h6-11H,5H2,1-4H3. The Bertz CT molecular complexity index is 1160. The van der Waals surface area contributed by atoms with Crippen molar-refractivity contribution in [1.29, 1.82) is 0 Å². The number of ether oxygens (including phenoxy) is 1. The Morgan fingerprint density at radius 2 is 1.88 bits per heavy atom. The van der Waals surface area contributed by atoms with E-state index in [0.717, 1.165) is 38.7 Å². The molecular weight excluding hydrogens is 312 g/mol. The molecule has 0 amide bonds. The first-order valence-corrected chi connectivity index (χ1v) is 8.52. The molecule has 0 fully saturated rings. The summed E-state index contributed by atoms with van der Waals surface area (Å²) in [7, 11) is 0. The van der Waals surface area contributed by atoms with Gasteiger partial charge in [-0.2, -0.15) is 0 Å². The lowest BCUT2D eigenvalue weighted by Crippen LogP contribution is -2.06. The first-order valence-electron chi connectivity index (χ1n) is 8.52. The van der Waals surface area contributed by atoms with E-state index in [1.165, 1.54) is 5.56 Å². The highest BCUT2D eigenvalue weighted by molar-refractivity contribution is 6.04. The van der Waals surface area contributed by atoms with Crippen LogP contribution >= 0.6 is 0 Å². The van der Waals surface area contributed by atoms with Gasteiger partial charge in [0.05, 0.1) is 22.2 Å². The Morgan fingerprint density at radius 1 is 1.12 bits per heavy atom. The lowest BCUT2D eigenvalue weighted by molar-refractivity contribution is -0.133. The molecule has 0 spiro atoms. The lowest BCUT2D eigenvalue weighted by Gasteiger charge is -2.07. The summed E-state index contributed by atoms with van der Waals surface area (Å²) in [4.78, 5) is 16.8. The summed E-state index contributed by atoms with van der Waals surface area (Å²) in [5.41, 5.74) is 6.98. The van der Waals surface area contributed by atoms with Crippen molar-refractivity contribution in [2.45, 2.75) is 34.1 Å². The summed E-state index contributed by atoms with van der Waals surface area (Å²) < 4.78 is 7.95. The van der Waals surface area contributed by atoms with Gasteiger partial charge in [0.2, 0.25) is 0 Å². The molecule has 4 aromatic rings. The molecule has 0 bridgehead atoms. The van der Waals surface area contributed by atoms with Gasteiger partial charge in [-0.05, 0) is 50.1 Å². The van der Waals surface area contributed by atoms with E-state index >= 15 is 0 Å². The number of aromatic nitrogens is 2. The maximum Gasteiger partial charge on any atom is 0.310 e. The van der Waals surface area contributed by atoms with E-state index < -0.39 is 0 Å². The molecule has 0 aliphatic rings. The van der Waals surface area contributed by atoms with Gasteiger partial charge in [-0.15, -0.1) is 0 Å². The Hall–Kier alpha value is -2.88. The lowest BCUT2D eigenvalue weighted by atomic mass is 10.1. The predicted molar refractivity (Wildman–Crippen MR) is 100 cm³/mol. The molecule has 2 aromatic carbocycles. The molecule has 2 aromatic heterocycles. The van der Waals surface area contributed by atoms with Crippen molar-refractivity contribution in [3.63, 3.8) is 0 Å². The average molecular weight is 332 g/mol. The van der Waals surface area contributed by atoms with E-state index in [1.54, 1.807) is 6.92 Å². The minimum absolute atomic E-state index is 0.234. The van der Waals surface area contributed by atoms with E-state index in [-0.39, 0.29) is 5.97 Å². The fourth-order valence-electron chi connectivity index (χ4n) is 3.60. The molecule has 0 saturated heterocycles. The highest BCUT2D eigenvalue weighted by Crippen LogP contribution is 2.39. The topological polar surface area (TPSA) is 43.6 Å². The number of hydrogen-bond acceptors (Lipinski definition) is 3. The van der Waals surface area contributed by atoms with Crippen LogP contribution in [0.1, 0.15) is 30.2 Å². The van der Waals surface area contributed by atoms with Crippen LogP contribution in [0.25, 0.3) is 27.5 Å². The second-order valence-electron chi connectivity index (χ2n) is 6.50. The van der Waals surface area contributed by atoms with E-state index in [0.29, 0.717) is 12.2 Å². The van der Waals surface area contributed by atoms with E-state index in [9.17, 15) is 4.79 Å². The van der Waals surface area contributed by atoms with Crippen molar-refractivity contribution < 1.29 is 9.53 Å². The number of fused-ring (bicyclic) bond motifs is 5. The maximum atomic E-state index is 12.1. The zero-order chi connectivity index (χ0) is 17.7. The van der Waals surface area contributed by atoms with Crippen LogP contribution in [-0.2, 0) is 4.79 Å². The average Bonchev–Trinajstić information content (AvgIpc) is 2.90. The van der Waals surface area contributed by atoms with Gasteiger partial charge in [0.1, 0.15) is 5.52 Å². The van der Waals surface area contributed by atoms with Crippen LogP contribution < -0.4 is 4.74 Å². The maximum absolute atomic E-state index is 12.1. The summed E-state index contributed by atoms with van der Waals surface area (Å²) in [6.45, 7) is 7.91. The number of aryl methyl sites for hydroxylation is 3. The molecule has 0 atom stereocenters. The van der Waals surface area contributed by atoms with Crippen molar-refractivity contribution in [2.75, 3.05) is 0 Å². The third-order valence-electron chi connectivity index (χ3n) is 4.62. The van der Waals surface area contributed by atoms with Gasteiger partial charge in [-0.3, -0.25) is 4.79 Å². The molecule has 0 N–H and O–H groups in total. The Balaban J connectivity index is 2.29. The van der Waals surface area contributed by atoms with Crippen LogP contribution in [-0.4, -0.2) is 15.4 Å². The first-order chi connectivity index (χ1) is 12.0. The number of benzene rings is 2. The van der Waals surface area contributed by atoms with Crippen LogP contribution in [0, 0.1) is 20.8 Å². The molecule has 4 rings (SSSR count). The second kappa shape index (κ2) is 5.59. The monoisotopic (exact) mass is 332 g/mol. The number of esters is 1. The van der Waals surface area contributed by atoms with E-state index in [1.807, 2.05) is 25.1 Å². The van der Waals surface area contributed by atoms with Gasteiger partial charge in [-0.25, -0.2) is 4.98 Å². The fraction of sp³-hybridized carbons (Fsp3) is 0.238. The van der Waals surface area contributed by atoms with Crippen molar-refractivity contribution in [3.05, 3.63) is 53.2 Å². The molecule has 25 heavy (non-hydrogen) atoms. The Labute approximate surface area is 146 Å². The summed E-state index contributed by atoms with van der Waals surface area (Å²) in [5, 5.41) is 0.980. The number of nitrogens with zero attached hydrogens (tertiary/aromatic N) is 2. The van der Waals surface area contributed by atoms with Gasteiger partial charge >= 0.3 is 5.97 Å². The number of hydrogen-bond donors (Lipinski definition) is 0. The summed E-state index contributed by atoms with van der Waals surface area (Å²) >= 11 is 0. The minimum atomic E-state index is -0.234. The largest absolute Gasteiger partial charge is 0.423 e. The molecule has 0 radical (unpaired) electrons. The third kappa shape index (κ3) is 2.29. The molecule has 0 unspecified atom stereocenters. The Morgan fingerprint density at radius 3 is 2.64 bits per heavy atom. The van der Waals surface area contributed by atoms with E-state index in [4.69, 9.17) is 9.72 Å². The summed E-state index contributed by atoms with van der Waals surface area (Å²) in [5.74, 6) is 0.386. The normalized spacial score (nSPS) is 11.5. The highest BCUT2D eigenvalue weighted by atomic mass is 16.5. The van der Waals surface area contributed by atoms with Gasteiger partial charge in [-0.1, -0.05) is 25.1 Å². The van der Waals surface area contributed by atoms with Crippen LogP contribution in [0.4, 0.5) is 0 Å². The Kier molecular flexibility index (Phi) is 3.49. The molecule has 0 saturated carbocycles. The van der Waals surface area contributed by atoms with Crippen molar-refractivity contribution >= 4 is 33.4 Å². The number of para-hydroxylation sites is 2. The van der Waals surface area contributed by atoms with Crippen LogP contribution in [0.5, 0.6) is 5.75 Å². The van der Waals surface area contributed by atoms with Crippen LogP contribution in [0.15, 0.2) is 36.4 Å². The van der Waals surface area contributed by atoms with Gasteiger partial charge in [0.15, 0.2) is 5.75 Å². The summed E-state index contributed by atoms with van der Waals surface area (Å²) in [6.07, 6.45) is 0.337. The van der Waals surface area contributed by atoms with Crippen molar-refractivity contribution in [2.24, 2.45) is 0 Å². The van der Waals surface area contributed by atoms with Gasteiger partial charge in [0.25, 0.3) is 0 Å². The van der Waals surface area contributed by atoms with Gasteiger partial charge < -0.3 is 9.14 Å². The number of rotatable bonds is 2. The fourth-order valence-corrected chi connectivity index (χ4v) is 3.60. The first kappa shape index (κ1) is 15.6. The highest BCUT2D eigenvalue weighted by Gasteiger charge is 2.21. The minimum Gasteiger partial charge on any atom is -0.423 e. The molecule has 2 heterocycles. The molecule has 4 heteroatoms. The second-order valence-corrected chi connectivity index (χ2v) is 6.50. The zero-order valence-corrected chi connectivity index (χ0v) is 14.9. The molecular formula is C21H20N2O2. The quantitative estimate of drug-likeness (QED) is 0.491. The number of carbonyl (C=O) groups is 1. The molecule has 4 nitrogen and oxygen atoms in total. The molecule has 126 valence electrons. The predicted octanol–water partition coefficient (Wildman–Crippen LogP) is 4.88. The van der Waals surface area contributed by atoms with Crippen LogP contribution in [0.3, 0.4) is 0 Å².